The molecule has 0 aliphatic heterocycles. The van der Waals surface area contributed by atoms with Gasteiger partial charge in [-0.1, -0.05) is 17.7 Å². The summed E-state index contributed by atoms with van der Waals surface area (Å²) in [5.41, 5.74) is -0.876. The molecule has 0 radical (unpaired) electrons. The fourth-order valence-corrected chi connectivity index (χ4v) is 1.81. The molecule has 0 atom stereocenters. The molecular weight excluding hydrogens is 269 g/mol. The highest BCUT2D eigenvalue weighted by atomic mass is 35.5. The molecule has 2 nitrogen and oxygen atoms in total. The van der Waals surface area contributed by atoms with Gasteiger partial charge in [-0.3, -0.25) is 4.79 Å². The standard InChI is InChI=1S/C12H12ClF3O2/c1-2-18-11(17)7-6-8-9(12(14,15)16)4-3-5-10(8)13/h3-5H,2,6-7H2,1H3. The minimum Gasteiger partial charge on any atom is -0.466 e. The molecule has 1 aromatic rings. The Bertz CT molecular complexity index is 430. The molecule has 0 unspecified atom stereocenters. The number of rotatable bonds is 4. The minimum absolute atomic E-state index is 0.00845. The summed E-state index contributed by atoms with van der Waals surface area (Å²) < 4.78 is 42.8. The Labute approximate surface area is 108 Å². The zero-order valence-electron chi connectivity index (χ0n) is 9.68. The van der Waals surface area contributed by atoms with Gasteiger partial charge in [-0.05, 0) is 31.0 Å². The van der Waals surface area contributed by atoms with Gasteiger partial charge in [0.05, 0.1) is 12.2 Å². The summed E-state index contributed by atoms with van der Waals surface area (Å²) >= 11 is 5.74. The maximum Gasteiger partial charge on any atom is 0.416 e. The second-order valence-electron chi connectivity index (χ2n) is 3.57. The number of hydrogen-bond donors (Lipinski definition) is 0. The molecule has 1 rings (SSSR count). The first kappa shape index (κ1) is 14.8. The van der Waals surface area contributed by atoms with Gasteiger partial charge >= 0.3 is 12.1 Å². The van der Waals surface area contributed by atoms with Gasteiger partial charge in [-0.25, -0.2) is 0 Å². The summed E-state index contributed by atoms with van der Waals surface area (Å²) in [6.45, 7) is 1.84. The molecule has 0 aliphatic rings. The van der Waals surface area contributed by atoms with Gasteiger partial charge < -0.3 is 4.74 Å². The number of benzene rings is 1. The number of carbonyl (C=O) groups excluding carboxylic acids is 1. The van der Waals surface area contributed by atoms with Crippen LogP contribution in [-0.4, -0.2) is 12.6 Å². The van der Waals surface area contributed by atoms with E-state index in [4.69, 9.17) is 11.6 Å². The van der Waals surface area contributed by atoms with Crippen LogP contribution in [0.25, 0.3) is 0 Å². The van der Waals surface area contributed by atoms with Crippen molar-refractivity contribution >= 4 is 17.6 Å². The number of hydrogen-bond acceptors (Lipinski definition) is 2. The monoisotopic (exact) mass is 280 g/mol. The fourth-order valence-electron chi connectivity index (χ4n) is 1.54. The normalized spacial score (nSPS) is 11.4. The van der Waals surface area contributed by atoms with Crippen LogP contribution in [0.15, 0.2) is 18.2 Å². The maximum atomic E-state index is 12.7. The quantitative estimate of drug-likeness (QED) is 0.783. The van der Waals surface area contributed by atoms with E-state index in [1.165, 1.54) is 12.1 Å². The third-order valence-electron chi connectivity index (χ3n) is 2.31. The van der Waals surface area contributed by atoms with Crippen LogP contribution in [-0.2, 0) is 22.1 Å². The summed E-state index contributed by atoms with van der Waals surface area (Å²) in [7, 11) is 0. The SMILES string of the molecule is CCOC(=O)CCc1c(Cl)cccc1C(F)(F)F. The third kappa shape index (κ3) is 3.91. The van der Waals surface area contributed by atoms with Gasteiger partial charge in [-0.2, -0.15) is 13.2 Å². The van der Waals surface area contributed by atoms with Crippen molar-refractivity contribution < 1.29 is 22.7 Å². The number of carbonyl (C=O) groups is 1. The lowest BCUT2D eigenvalue weighted by Gasteiger charge is -2.13. The van der Waals surface area contributed by atoms with E-state index >= 15 is 0 Å². The van der Waals surface area contributed by atoms with E-state index in [0.29, 0.717) is 0 Å². The van der Waals surface area contributed by atoms with Crippen molar-refractivity contribution in [3.63, 3.8) is 0 Å². The zero-order valence-corrected chi connectivity index (χ0v) is 10.4. The van der Waals surface area contributed by atoms with Gasteiger partial charge in [0.25, 0.3) is 0 Å². The number of halogens is 4. The van der Waals surface area contributed by atoms with Crippen LogP contribution in [0.3, 0.4) is 0 Å². The summed E-state index contributed by atoms with van der Waals surface area (Å²) in [5.74, 6) is -0.537. The number of esters is 1. The lowest BCUT2D eigenvalue weighted by Crippen LogP contribution is -2.12. The molecule has 0 saturated heterocycles. The van der Waals surface area contributed by atoms with Crippen LogP contribution in [0.4, 0.5) is 13.2 Å². The molecule has 0 spiro atoms. The largest absolute Gasteiger partial charge is 0.466 e. The molecule has 100 valence electrons. The fraction of sp³-hybridized carbons (Fsp3) is 0.417. The van der Waals surface area contributed by atoms with Crippen LogP contribution in [0, 0.1) is 0 Å². The van der Waals surface area contributed by atoms with Gasteiger partial charge in [0.2, 0.25) is 0 Å². The Morgan fingerprint density at radius 1 is 1.39 bits per heavy atom. The van der Waals surface area contributed by atoms with E-state index in [1.807, 2.05) is 0 Å². The first-order valence-corrected chi connectivity index (χ1v) is 5.74. The molecule has 0 amide bonds. The van der Waals surface area contributed by atoms with E-state index in [0.717, 1.165) is 6.07 Å². The number of alkyl halides is 3. The average molecular weight is 281 g/mol. The maximum absolute atomic E-state index is 12.7. The smallest absolute Gasteiger partial charge is 0.416 e. The molecule has 18 heavy (non-hydrogen) atoms. The summed E-state index contributed by atoms with van der Waals surface area (Å²) in [6.07, 6.45) is -4.69. The Hall–Kier alpha value is -1.23. The number of ether oxygens (including phenoxy) is 1. The van der Waals surface area contributed by atoms with E-state index in [-0.39, 0.29) is 30.0 Å². The first-order chi connectivity index (χ1) is 8.36. The molecule has 0 N–H and O–H groups in total. The van der Waals surface area contributed by atoms with Crippen molar-refractivity contribution in [1.82, 2.24) is 0 Å². The lowest BCUT2D eigenvalue weighted by atomic mass is 10.0. The highest BCUT2D eigenvalue weighted by Crippen LogP contribution is 2.35. The average Bonchev–Trinajstić information content (AvgIpc) is 2.26. The molecule has 0 aromatic heterocycles. The molecule has 6 heteroatoms. The second kappa shape index (κ2) is 6.09. The van der Waals surface area contributed by atoms with Crippen LogP contribution >= 0.6 is 11.6 Å². The predicted octanol–water partition coefficient (Wildman–Crippen LogP) is 3.85. The lowest BCUT2D eigenvalue weighted by molar-refractivity contribution is -0.144. The molecule has 1 aromatic carbocycles. The van der Waals surface area contributed by atoms with Gasteiger partial charge in [0.1, 0.15) is 0 Å². The van der Waals surface area contributed by atoms with E-state index in [2.05, 4.69) is 4.74 Å². The minimum atomic E-state index is -4.48. The molecule has 0 aliphatic carbocycles. The van der Waals surface area contributed by atoms with E-state index in [9.17, 15) is 18.0 Å². The highest BCUT2D eigenvalue weighted by molar-refractivity contribution is 6.31. The zero-order chi connectivity index (χ0) is 13.8. The first-order valence-electron chi connectivity index (χ1n) is 5.36. The Morgan fingerprint density at radius 3 is 2.61 bits per heavy atom. The second-order valence-corrected chi connectivity index (χ2v) is 3.98. The molecule has 0 fully saturated rings. The van der Waals surface area contributed by atoms with E-state index in [1.54, 1.807) is 6.92 Å². The summed E-state index contributed by atoms with van der Waals surface area (Å²) in [6, 6.07) is 3.56. The highest BCUT2D eigenvalue weighted by Gasteiger charge is 2.33. The molecule has 0 heterocycles. The van der Waals surface area contributed by atoms with Crippen LogP contribution < -0.4 is 0 Å². The summed E-state index contributed by atoms with van der Waals surface area (Å²) in [4.78, 5) is 11.1. The van der Waals surface area contributed by atoms with Crippen molar-refractivity contribution in [1.29, 1.82) is 0 Å². The van der Waals surface area contributed by atoms with Crippen molar-refractivity contribution in [3.8, 4) is 0 Å². The van der Waals surface area contributed by atoms with Crippen LogP contribution in [0.2, 0.25) is 5.02 Å². The predicted molar refractivity (Wildman–Crippen MR) is 61.4 cm³/mol. The van der Waals surface area contributed by atoms with Gasteiger partial charge in [0, 0.05) is 11.4 Å². The van der Waals surface area contributed by atoms with Crippen molar-refractivity contribution in [2.75, 3.05) is 6.61 Å². The topological polar surface area (TPSA) is 26.3 Å². The Kier molecular flexibility index (Phi) is 5.02. The molecule has 0 saturated carbocycles. The Morgan fingerprint density at radius 2 is 2.06 bits per heavy atom. The molecule has 0 bridgehead atoms. The summed E-state index contributed by atoms with van der Waals surface area (Å²) in [5, 5.41) is 0.00845. The van der Waals surface area contributed by atoms with Gasteiger partial charge in [-0.15, -0.1) is 0 Å². The van der Waals surface area contributed by atoms with Crippen molar-refractivity contribution in [2.24, 2.45) is 0 Å². The third-order valence-corrected chi connectivity index (χ3v) is 2.66. The van der Waals surface area contributed by atoms with Crippen LogP contribution in [0.1, 0.15) is 24.5 Å². The van der Waals surface area contributed by atoms with E-state index < -0.39 is 17.7 Å². The van der Waals surface area contributed by atoms with Crippen LogP contribution in [0.5, 0.6) is 0 Å². The molecular formula is C12H12ClF3O2. The van der Waals surface area contributed by atoms with Crippen molar-refractivity contribution in [3.05, 3.63) is 34.3 Å². The van der Waals surface area contributed by atoms with Gasteiger partial charge in [0.15, 0.2) is 0 Å². The van der Waals surface area contributed by atoms with Crippen molar-refractivity contribution in [2.45, 2.75) is 25.9 Å². The Balaban J connectivity index is 2.90.